The predicted molar refractivity (Wildman–Crippen MR) is 229 cm³/mol. The zero-order valence-corrected chi connectivity index (χ0v) is 36.4. The Hall–Kier alpha value is -2.81. The van der Waals surface area contributed by atoms with Crippen molar-refractivity contribution in [2.45, 2.75) is 24.9 Å². The molecule has 0 atom stereocenters. The Kier molecular flexibility index (Phi) is 28.9. The minimum atomic E-state index is -0.365. The van der Waals surface area contributed by atoms with Crippen LogP contribution in [-0.4, -0.2) is 202 Å². The van der Waals surface area contributed by atoms with E-state index in [-0.39, 0.29) is 12.0 Å². The molecule has 1 amide bonds. The van der Waals surface area contributed by atoms with Crippen LogP contribution in [0.4, 0.5) is 4.79 Å². The van der Waals surface area contributed by atoms with Gasteiger partial charge < -0.3 is 71.8 Å². The summed E-state index contributed by atoms with van der Waals surface area (Å²) in [7, 11) is 1.72. The highest BCUT2D eigenvalue weighted by atomic mass is 16.6. The number of piperidine rings is 1. The van der Waals surface area contributed by atoms with Crippen molar-refractivity contribution in [1.29, 1.82) is 0 Å². The molecule has 1 fully saturated rings. The summed E-state index contributed by atoms with van der Waals surface area (Å²) >= 11 is 0. The number of ether oxygens (including phenoxy) is 13. The Labute approximate surface area is 362 Å². The SMILES string of the molecule is CN(CCOCCOCCOCCOCCOCCOCCOCCOCCOCCOCCOCCOC1CCNCC1)C(=O)OCC1c2ccccc2-c2ccccc21. The van der Waals surface area contributed by atoms with Crippen molar-refractivity contribution in [2.24, 2.45) is 0 Å². The second-order valence-electron chi connectivity index (χ2n) is 14.3. The first kappa shape index (κ1) is 50.8. The van der Waals surface area contributed by atoms with Gasteiger partial charge in [0, 0.05) is 19.5 Å². The first-order valence-electron chi connectivity index (χ1n) is 22.0. The molecular formula is C45H72N2O14. The standard InChI is InChI=1S/C45H72N2O14/c1-47(45(48)61-38-44-42-8-4-2-6-40(42)41-7-3-5-9-43(41)44)14-15-49-16-17-50-18-19-51-20-21-52-22-23-53-24-25-54-26-27-55-28-29-56-30-31-57-32-33-58-34-35-59-36-37-60-39-10-12-46-13-11-39/h2-9,39,44,46H,10-38H2,1H3. The summed E-state index contributed by atoms with van der Waals surface area (Å²) in [5.74, 6) is 0.0370. The van der Waals surface area contributed by atoms with Gasteiger partial charge in [0.25, 0.3) is 0 Å². The number of carbonyl (C=O) groups is 1. The summed E-state index contributed by atoms with van der Waals surface area (Å²) in [4.78, 5) is 14.2. The number of benzene rings is 2. The van der Waals surface area contributed by atoms with Gasteiger partial charge in [-0.15, -0.1) is 0 Å². The molecule has 0 saturated carbocycles. The second-order valence-corrected chi connectivity index (χ2v) is 14.3. The highest BCUT2D eigenvalue weighted by molar-refractivity contribution is 5.79. The van der Waals surface area contributed by atoms with Crippen molar-refractivity contribution in [3.05, 3.63) is 59.7 Å². The summed E-state index contributed by atoms with van der Waals surface area (Å²) in [6.07, 6.45) is 2.15. The van der Waals surface area contributed by atoms with E-state index >= 15 is 0 Å². The molecule has 2 aromatic carbocycles. The first-order valence-corrected chi connectivity index (χ1v) is 22.0. The number of amides is 1. The van der Waals surface area contributed by atoms with E-state index in [0.29, 0.717) is 171 Å². The van der Waals surface area contributed by atoms with E-state index in [0.717, 1.165) is 25.9 Å². The Balaban J connectivity index is 0.774. The van der Waals surface area contributed by atoms with E-state index in [1.165, 1.54) is 27.2 Å². The highest BCUT2D eigenvalue weighted by Gasteiger charge is 2.29. The number of carbonyl (C=O) groups excluding carboxylic acids is 1. The van der Waals surface area contributed by atoms with Gasteiger partial charge in [0.15, 0.2) is 0 Å². The lowest BCUT2D eigenvalue weighted by Gasteiger charge is -2.22. The molecule has 1 heterocycles. The fourth-order valence-corrected chi connectivity index (χ4v) is 6.53. The summed E-state index contributed by atoms with van der Waals surface area (Å²) in [6, 6.07) is 16.6. The topological polar surface area (TPSA) is 152 Å². The van der Waals surface area contributed by atoms with Gasteiger partial charge in [-0.1, -0.05) is 48.5 Å². The van der Waals surface area contributed by atoms with Crippen LogP contribution < -0.4 is 5.32 Å². The summed E-state index contributed by atoms with van der Waals surface area (Å²) in [5.41, 5.74) is 4.80. The van der Waals surface area contributed by atoms with Crippen molar-refractivity contribution < 1.29 is 66.4 Å². The predicted octanol–water partition coefficient (Wildman–Crippen LogP) is 3.82. The average molecular weight is 865 g/mol. The molecule has 16 nitrogen and oxygen atoms in total. The molecule has 0 unspecified atom stereocenters. The zero-order valence-electron chi connectivity index (χ0n) is 36.4. The van der Waals surface area contributed by atoms with Crippen molar-refractivity contribution in [1.82, 2.24) is 10.2 Å². The molecule has 0 bridgehead atoms. The lowest BCUT2D eigenvalue weighted by atomic mass is 9.98. The third-order valence-corrected chi connectivity index (χ3v) is 9.81. The minimum Gasteiger partial charge on any atom is -0.448 e. The molecule has 61 heavy (non-hydrogen) atoms. The Morgan fingerprint density at radius 3 is 1.20 bits per heavy atom. The molecule has 2 aromatic rings. The van der Waals surface area contributed by atoms with Crippen molar-refractivity contribution in [2.75, 3.05) is 185 Å². The molecule has 2 aliphatic rings. The Bertz CT molecular complexity index is 1320. The highest BCUT2D eigenvalue weighted by Crippen LogP contribution is 2.44. The van der Waals surface area contributed by atoms with Crippen LogP contribution in [0.1, 0.15) is 29.9 Å². The van der Waals surface area contributed by atoms with Crippen molar-refractivity contribution in [3.8, 4) is 11.1 Å². The van der Waals surface area contributed by atoms with Crippen molar-refractivity contribution >= 4 is 6.09 Å². The van der Waals surface area contributed by atoms with Gasteiger partial charge in [0.1, 0.15) is 6.61 Å². The lowest BCUT2D eigenvalue weighted by molar-refractivity contribution is -0.0326. The number of hydrogen-bond acceptors (Lipinski definition) is 15. The fourth-order valence-electron chi connectivity index (χ4n) is 6.53. The zero-order chi connectivity index (χ0) is 42.7. The maximum Gasteiger partial charge on any atom is 0.409 e. The molecular weight excluding hydrogens is 792 g/mol. The van der Waals surface area contributed by atoms with Crippen molar-refractivity contribution in [3.63, 3.8) is 0 Å². The molecule has 1 N–H and O–H groups in total. The monoisotopic (exact) mass is 864 g/mol. The lowest BCUT2D eigenvalue weighted by Crippen LogP contribution is -2.33. The second kappa shape index (κ2) is 34.6. The van der Waals surface area contributed by atoms with Crippen LogP contribution in [0, 0.1) is 0 Å². The molecule has 1 saturated heterocycles. The van der Waals surface area contributed by atoms with Gasteiger partial charge >= 0.3 is 6.09 Å². The smallest absolute Gasteiger partial charge is 0.409 e. The molecule has 0 radical (unpaired) electrons. The largest absolute Gasteiger partial charge is 0.448 e. The van der Waals surface area contributed by atoms with Gasteiger partial charge in [0.05, 0.1) is 158 Å². The normalized spacial score (nSPS) is 14.0. The van der Waals surface area contributed by atoms with E-state index in [1.807, 2.05) is 24.3 Å². The molecule has 1 aliphatic carbocycles. The van der Waals surface area contributed by atoms with Crippen LogP contribution in [0.2, 0.25) is 0 Å². The molecule has 1 aliphatic heterocycles. The summed E-state index contributed by atoms with van der Waals surface area (Å²) in [5, 5.41) is 3.33. The number of fused-ring (bicyclic) bond motifs is 3. The molecule has 346 valence electrons. The van der Waals surface area contributed by atoms with Crippen LogP contribution in [0.5, 0.6) is 0 Å². The van der Waals surface area contributed by atoms with E-state index in [9.17, 15) is 4.79 Å². The number of likely N-dealkylation sites (N-methyl/N-ethyl adjacent to an activating group) is 1. The fraction of sp³-hybridized carbons (Fsp3) is 0.711. The average Bonchev–Trinajstić information content (AvgIpc) is 3.61. The Morgan fingerprint density at radius 2 is 0.820 bits per heavy atom. The van der Waals surface area contributed by atoms with Crippen LogP contribution in [0.3, 0.4) is 0 Å². The van der Waals surface area contributed by atoms with Gasteiger partial charge in [-0.3, -0.25) is 0 Å². The van der Waals surface area contributed by atoms with E-state index in [2.05, 4.69) is 29.6 Å². The maximum atomic E-state index is 12.6. The van der Waals surface area contributed by atoms with E-state index in [4.69, 9.17) is 61.6 Å². The maximum absolute atomic E-state index is 12.6. The first-order chi connectivity index (χ1) is 30.2. The van der Waals surface area contributed by atoms with Crippen LogP contribution >= 0.6 is 0 Å². The van der Waals surface area contributed by atoms with Gasteiger partial charge in [-0.2, -0.15) is 0 Å². The van der Waals surface area contributed by atoms with Gasteiger partial charge in [-0.25, -0.2) is 4.79 Å². The molecule has 16 heteroatoms. The number of rotatable bonds is 39. The van der Waals surface area contributed by atoms with E-state index < -0.39 is 0 Å². The van der Waals surface area contributed by atoms with Crippen LogP contribution in [0.25, 0.3) is 11.1 Å². The van der Waals surface area contributed by atoms with Crippen LogP contribution in [0.15, 0.2) is 48.5 Å². The molecule has 0 spiro atoms. The van der Waals surface area contributed by atoms with Gasteiger partial charge in [-0.05, 0) is 48.2 Å². The Morgan fingerprint density at radius 1 is 0.492 bits per heavy atom. The third-order valence-electron chi connectivity index (χ3n) is 9.81. The third kappa shape index (κ3) is 22.9. The van der Waals surface area contributed by atoms with E-state index in [1.54, 1.807) is 7.05 Å². The number of nitrogens with one attached hydrogen (secondary N) is 1. The molecule has 4 rings (SSSR count). The number of hydrogen-bond donors (Lipinski definition) is 1. The molecule has 0 aromatic heterocycles. The minimum absolute atomic E-state index is 0.0370. The quantitative estimate of drug-likeness (QED) is 0.0970. The summed E-state index contributed by atoms with van der Waals surface area (Å²) in [6.45, 7) is 14.3. The van der Waals surface area contributed by atoms with Crippen LogP contribution in [-0.2, 0) is 61.6 Å². The summed E-state index contributed by atoms with van der Waals surface area (Å²) < 4.78 is 72.4. The number of nitrogens with zero attached hydrogens (tertiary/aromatic N) is 1. The van der Waals surface area contributed by atoms with Gasteiger partial charge in [0.2, 0.25) is 0 Å².